The normalized spacial score (nSPS) is 9.57. The van der Waals surface area contributed by atoms with Crippen LogP contribution >= 0.6 is 22.6 Å². The Morgan fingerprint density at radius 2 is 2.36 bits per heavy atom. The van der Waals surface area contributed by atoms with Gasteiger partial charge in [-0.15, -0.1) is 0 Å². The molecule has 1 aromatic carbocycles. The van der Waals surface area contributed by atoms with E-state index in [0.717, 1.165) is 3.57 Å². The van der Waals surface area contributed by atoms with Crippen molar-refractivity contribution in [3.8, 4) is 0 Å². The molecule has 0 aromatic heterocycles. The molecule has 2 N–H and O–H groups in total. The summed E-state index contributed by atoms with van der Waals surface area (Å²) in [6.45, 7) is -0.157. The summed E-state index contributed by atoms with van der Waals surface area (Å²) in [6.07, 6.45) is -0.555. The van der Waals surface area contributed by atoms with Gasteiger partial charge in [-0.3, -0.25) is 5.32 Å². The number of aliphatic hydroxyl groups excluding tert-OH is 1. The summed E-state index contributed by atoms with van der Waals surface area (Å²) < 4.78 is 5.66. The molecule has 0 radical (unpaired) electrons. The molecule has 0 spiro atoms. The Labute approximate surface area is 95.4 Å². The second-order valence-electron chi connectivity index (χ2n) is 2.49. The topological polar surface area (TPSA) is 58.6 Å². The monoisotopic (exact) mass is 307 g/mol. The molecular formula is C9H10INO3. The molecule has 0 fully saturated rings. The largest absolute Gasteiger partial charge is 0.447 e. The van der Waals surface area contributed by atoms with E-state index in [1.165, 1.54) is 0 Å². The van der Waals surface area contributed by atoms with Crippen LogP contribution in [-0.2, 0) is 4.74 Å². The van der Waals surface area contributed by atoms with Crippen LogP contribution in [-0.4, -0.2) is 24.4 Å². The van der Waals surface area contributed by atoms with Crippen molar-refractivity contribution in [1.29, 1.82) is 0 Å². The quantitative estimate of drug-likeness (QED) is 0.838. The standard InChI is InChI=1S/C9H10INO3/c10-7-2-1-3-8(6-7)11-9(13)14-5-4-12/h1-3,6,12H,4-5H2,(H,11,13). The third kappa shape index (κ3) is 3.93. The highest BCUT2D eigenvalue weighted by Crippen LogP contribution is 2.12. The number of nitrogens with one attached hydrogen (secondary N) is 1. The van der Waals surface area contributed by atoms with Crippen LogP contribution in [0.4, 0.5) is 10.5 Å². The lowest BCUT2D eigenvalue weighted by molar-refractivity contribution is 0.131. The van der Waals surface area contributed by atoms with Gasteiger partial charge in [0.25, 0.3) is 0 Å². The highest BCUT2D eigenvalue weighted by atomic mass is 127. The first-order valence-electron chi connectivity index (χ1n) is 4.02. The molecule has 0 heterocycles. The Morgan fingerprint density at radius 1 is 1.57 bits per heavy atom. The van der Waals surface area contributed by atoms with E-state index in [1.807, 2.05) is 18.2 Å². The summed E-state index contributed by atoms with van der Waals surface area (Å²) in [6, 6.07) is 7.34. The predicted octanol–water partition coefficient (Wildman–Crippen LogP) is 1.83. The smallest absolute Gasteiger partial charge is 0.411 e. The number of aliphatic hydroxyl groups is 1. The van der Waals surface area contributed by atoms with Crippen LogP contribution in [0.2, 0.25) is 0 Å². The number of carbonyl (C=O) groups is 1. The lowest BCUT2D eigenvalue weighted by Gasteiger charge is -2.05. The van der Waals surface area contributed by atoms with Crippen LogP contribution in [0.5, 0.6) is 0 Å². The average molecular weight is 307 g/mol. The Morgan fingerprint density at radius 3 is 3.00 bits per heavy atom. The van der Waals surface area contributed by atoms with Crippen LogP contribution in [0.1, 0.15) is 0 Å². The second-order valence-corrected chi connectivity index (χ2v) is 3.74. The Bertz CT molecular complexity index is 317. The fourth-order valence-electron chi connectivity index (χ4n) is 0.859. The van der Waals surface area contributed by atoms with E-state index in [4.69, 9.17) is 5.11 Å². The van der Waals surface area contributed by atoms with Gasteiger partial charge < -0.3 is 9.84 Å². The Balaban J connectivity index is 2.47. The summed E-state index contributed by atoms with van der Waals surface area (Å²) in [5.41, 5.74) is 0.680. The number of hydrogen-bond donors (Lipinski definition) is 2. The molecule has 76 valence electrons. The molecule has 0 saturated heterocycles. The number of hydrogen-bond acceptors (Lipinski definition) is 3. The van der Waals surface area contributed by atoms with Gasteiger partial charge >= 0.3 is 6.09 Å². The third-order valence-electron chi connectivity index (χ3n) is 1.40. The van der Waals surface area contributed by atoms with Gasteiger partial charge in [-0.1, -0.05) is 6.07 Å². The van der Waals surface area contributed by atoms with Gasteiger partial charge in [0.15, 0.2) is 0 Å². The van der Waals surface area contributed by atoms with Crippen LogP contribution in [0.15, 0.2) is 24.3 Å². The van der Waals surface area contributed by atoms with Crippen molar-refractivity contribution in [2.24, 2.45) is 0 Å². The molecule has 1 amide bonds. The lowest BCUT2D eigenvalue weighted by Crippen LogP contribution is -2.15. The van der Waals surface area contributed by atoms with Crippen molar-refractivity contribution in [2.75, 3.05) is 18.5 Å². The van der Waals surface area contributed by atoms with Crippen molar-refractivity contribution >= 4 is 34.4 Å². The number of benzene rings is 1. The summed E-state index contributed by atoms with van der Waals surface area (Å²) >= 11 is 2.15. The minimum absolute atomic E-state index is 0.00968. The van der Waals surface area contributed by atoms with Crippen molar-refractivity contribution < 1.29 is 14.6 Å². The summed E-state index contributed by atoms with van der Waals surface area (Å²) in [7, 11) is 0. The number of ether oxygens (including phenoxy) is 1. The summed E-state index contributed by atoms with van der Waals surface area (Å²) in [5.74, 6) is 0. The first kappa shape index (κ1) is 11.3. The molecule has 5 heteroatoms. The van der Waals surface area contributed by atoms with E-state index >= 15 is 0 Å². The number of rotatable bonds is 3. The van der Waals surface area contributed by atoms with Crippen molar-refractivity contribution in [2.45, 2.75) is 0 Å². The molecule has 0 aliphatic rings. The molecule has 0 aliphatic heterocycles. The van der Waals surface area contributed by atoms with E-state index in [2.05, 4.69) is 32.6 Å². The fourth-order valence-corrected chi connectivity index (χ4v) is 1.40. The van der Waals surface area contributed by atoms with Gasteiger partial charge in [-0.2, -0.15) is 0 Å². The van der Waals surface area contributed by atoms with Crippen molar-refractivity contribution in [1.82, 2.24) is 0 Å². The molecule has 0 unspecified atom stereocenters. The minimum Gasteiger partial charge on any atom is -0.447 e. The zero-order valence-corrected chi connectivity index (χ0v) is 9.52. The van der Waals surface area contributed by atoms with Gasteiger partial charge in [-0.25, -0.2) is 4.79 Å². The van der Waals surface area contributed by atoms with Gasteiger partial charge in [0, 0.05) is 9.26 Å². The fraction of sp³-hybridized carbons (Fsp3) is 0.222. The molecule has 0 aliphatic carbocycles. The van der Waals surface area contributed by atoms with Crippen LogP contribution < -0.4 is 5.32 Å². The Kier molecular flexibility index (Phi) is 4.68. The van der Waals surface area contributed by atoms with E-state index in [9.17, 15) is 4.79 Å². The third-order valence-corrected chi connectivity index (χ3v) is 2.07. The molecular weight excluding hydrogens is 297 g/mol. The van der Waals surface area contributed by atoms with Crippen LogP contribution in [0.3, 0.4) is 0 Å². The highest BCUT2D eigenvalue weighted by molar-refractivity contribution is 14.1. The van der Waals surface area contributed by atoms with E-state index in [-0.39, 0.29) is 13.2 Å². The molecule has 1 aromatic rings. The van der Waals surface area contributed by atoms with E-state index in [0.29, 0.717) is 5.69 Å². The van der Waals surface area contributed by atoms with Crippen LogP contribution in [0.25, 0.3) is 0 Å². The zero-order chi connectivity index (χ0) is 10.4. The van der Waals surface area contributed by atoms with Gasteiger partial charge in [0.2, 0.25) is 0 Å². The number of amides is 1. The molecule has 0 saturated carbocycles. The highest BCUT2D eigenvalue weighted by Gasteiger charge is 2.01. The van der Waals surface area contributed by atoms with Crippen molar-refractivity contribution in [3.05, 3.63) is 27.8 Å². The average Bonchev–Trinajstić information content (AvgIpc) is 2.15. The van der Waals surface area contributed by atoms with E-state index in [1.54, 1.807) is 6.07 Å². The molecule has 0 atom stereocenters. The number of carbonyl (C=O) groups excluding carboxylic acids is 1. The number of halogens is 1. The summed E-state index contributed by atoms with van der Waals surface area (Å²) in [5, 5.41) is 11.0. The predicted molar refractivity (Wildman–Crippen MR) is 61.2 cm³/mol. The Hall–Kier alpha value is -0.820. The van der Waals surface area contributed by atoms with E-state index < -0.39 is 6.09 Å². The van der Waals surface area contributed by atoms with Crippen molar-refractivity contribution in [3.63, 3.8) is 0 Å². The lowest BCUT2D eigenvalue weighted by atomic mass is 10.3. The number of anilines is 1. The second kappa shape index (κ2) is 5.82. The maximum absolute atomic E-state index is 11.0. The first-order chi connectivity index (χ1) is 6.72. The SMILES string of the molecule is O=C(Nc1cccc(I)c1)OCCO. The van der Waals surface area contributed by atoms with Gasteiger partial charge in [0.05, 0.1) is 6.61 Å². The molecule has 1 rings (SSSR count). The maximum Gasteiger partial charge on any atom is 0.411 e. The zero-order valence-electron chi connectivity index (χ0n) is 7.37. The first-order valence-corrected chi connectivity index (χ1v) is 5.10. The van der Waals surface area contributed by atoms with Gasteiger partial charge in [0.1, 0.15) is 6.61 Å². The summed E-state index contributed by atoms with van der Waals surface area (Å²) in [4.78, 5) is 11.0. The molecule has 0 bridgehead atoms. The van der Waals surface area contributed by atoms with Crippen LogP contribution in [0, 0.1) is 3.57 Å². The molecule has 14 heavy (non-hydrogen) atoms. The van der Waals surface area contributed by atoms with Gasteiger partial charge in [-0.05, 0) is 40.8 Å². The molecule has 4 nitrogen and oxygen atoms in total. The maximum atomic E-state index is 11.0. The minimum atomic E-state index is -0.555.